The first kappa shape index (κ1) is 11.1. The van der Waals surface area contributed by atoms with Crippen LogP contribution in [0.1, 0.15) is 20.8 Å². The van der Waals surface area contributed by atoms with Crippen molar-refractivity contribution in [1.82, 2.24) is 5.06 Å². The number of hydrogen-bond donors (Lipinski definition) is 3. The van der Waals surface area contributed by atoms with Crippen molar-refractivity contribution < 1.29 is 19.6 Å². The molecular formula is C5H14NO4P. The standard InChI is InChI=1S/C5H14NO4P/c1-5(2,3)6(7)4-11(8,9)10/h7H,4H2,1-3H3,(H2,8,9,10). The average Bonchev–Trinajstić information content (AvgIpc) is 1.56. The van der Waals surface area contributed by atoms with Gasteiger partial charge in [-0.05, 0) is 20.8 Å². The normalized spacial score (nSPS) is 14.1. The highest BCUT2D eigenvalue weighted by molar-refractivity contribution is 7.51. The number of rotatable bonds is 2. The zero-order valence-electron chi connectivity index (χ0n) is 6.85. The van der Waals surface area contributed by atoms with Gasteiger partial charge in [-0.3, -0.25) is 4.57 Å². The molecule has 0 aromatic carbocycles. The van der Waals surface area contributed by atoms with Crippen LogP contribution in [0.15, 0.2) is 0 Å². The smallest absolute Gasteiger partial charge is 0.323 e. The van der Waals surface area contributed by atoms with Crippen molar-refractivity contribution in [2.75, 3.05) is 6.29 Å². The second-order valence-electron chi connectivity index (χ2n) is 3.38. The summed E-state index contributed by atoms with van der Waals surface area (Å²) in [6, 6.07) is 0. The van der Waals surface area contributed by atoms with E-state index in [9.17, 15) is 4.57 Å². The summed E-state index contributed by atoms with van der Waals surface area (Å²) in [6.45, 7) is 4.97. The lowest BCUT2D eigenvalue weighted by molar-refractivity contribution is -0.143. The molecule has 11 heavy (non-hydrogen) atoms. The van der Waals surface area contributed by atoms with Crippen LogP contribution in [0.4, 0.5) is 0 Å². The topological polar surface area (TPSA) is 81.0 Å². The molecule has 0 spiro atoms. The third-order valence-electron chi connectivity index (χ3n) is 1.09. The Bertz CT molecular complexity index is 170. The Hall–Kier alpha value is 0.0700. The molecule has 3 N–H and O–H groups in total. The summed E-state index contributed by atoms with van der Waals surface area (Å²) in [6.07, 6.45) is -0.628. The molecule has 0 aromatic rings. The van der Waals surface area contributed by atoms with Crippen LogP contribution in [0.25, 0.3) is 0 Å². The molecule has 0 saturated heterocycles. The second kappa shape index (κ2) is 3.21. The number of hydroxylamine groups is 2. The Morgan fingerprint density at radius 2 is 1.73 bits per heavy atom. The van der Waals surface area contributed by atoms with E-state index in [1.165, 1.54) is 0 Å². The molecular weight excluding hydrogens is 169 g/mol. The fourth-order valence-corrected chi connectivity index (χ4v) is 1.16. The van der Waals surface area contributed by atoms with Gasteiger partial charge in [0.25, 0.3) is 0 Å². The summed E-state index contributed by atoms with van der Waals surface area (Å²) in [7, 11) is -4.14. The highest BCUT2D eigenvalue weighted by Crippen LogP contribution is 2.36. The lowest BCUT2D eigenvalue weighted by Gasteiger charge is -2.29. The molecule has 0 bridgehead atoms. The van der Waals surface area contributed by atoms with Crippen LogP contribution in [-0.4, -0.2) is 31.9 Å². The van der Waals surface area contributed by atoms with Crippen molar-refractivity contribution in [2.24, 2.45) is 0 Å². The number of hydrogen-bond acceptors (Lipinski definition) is 3. The highest BCUT2D eigenvalue weighted by Gasteiger charge is 2.26. The quantitative estimate of drug-likeness (QED) is 0.431. The van der Waals surface area contributed by atoms with Crippen molar-refractivity contribution in [3.05, 3.63) is 0 Å². The van der Waals surface area contributed by atoms with Crippen molar-refractivity contribution >= 4 is 7.60 Å². The SMILES string of the molecule is CC(C)(C)N(O)CP(=O)(O)O. The maximum Gasteiger partial charge on any atom is 0.341 e. The molecule has 0 unspecified atom stereocenters. The lowest BCUT2D eigenvalue weighted by atomic mass is 10.1. The molecule has 0 amide bonds. The minimum Gasteiger partial charge on any atom is -0.323 e. The van der Waals surface area contributed by atoms with Crippen LogP contribution in [0, 0.1) is 0 Å². The van der Waals surface area contributed by atoms with Gasteiger partial charge in [-0.1, -0.05) is 0 Å². The molecule has 5 nitrogen and oxygen atoms in total. The van der Waals surface area contributed by atoms with E-state index < -0.39 is 19.4 Å². The van der Waals surface area contributed by atoms with Gasteiger partial charge in [-0.2, -0.15) is 5.06 Å². The van der Waals surface area contributed by atoms with Gasteiger partial charge in [0.15, 0.2) is 0 Å². The zero-order valence-corrected chi connectivity index (χ0v) is 7.75. The van der Waals surface area contributed by atoms with Gasteiger partial charge in [0.1, 0.15) is 6.29 Å². The Morgan fingerprint density at radius 1 is 1.36 bits per heavy atom. The van der Waals surface area contributed by atoms with Crippen molar-refractivity contribution in [3.8, 4) is 0 Å². The molecule has 0 atom stereocenters. The summed E-state index contributed by atoms with van der Waals surface area (Å²) in [5, 5.41) is 9.70. The summed E-state index contributed by atoms with van der Waals surface area (Å²) in [5.41, 5.74) is -0.638. The van der Waals surface area contributed by atoms with E-state index in [0.29, 0.717) is 5.06 Å². The van der Waals surface area contributed by atoms with Gasteiger partial charge in [0.05, 0.1) is 0 Å². The van der Waals surface area contributed by atoms with E-state index in [0.717, 1.165) is 0 Å². The largest absolute Gasteiger partial charge is 0.341 e. The highest BCUT2D eigenvalue weighted by atomic mass is 31.2. The van der Waals surface area contributed by atoms with Gasteiger partial charge in [0, 0.05) is 5.54 Å². The Balaban J connectivity index is 4.10. The van der Waals surface area contributed by atoms with Gasteiger partial charge >= 0.3 is 7.60 Å². The fraction of sp³-hybridized carbons (Fsp3) is 1.00. The monoisotopic (exact) mass is 183 g/mol. The van der Waals surface area contributed by atoms with E-state index >= 15 is 0 Å². The second-order valence-corrected chi connectivity index (χ2v) is 4.99. The van der Waals surface area contributed by atoms with Gasteiger partial charge in [-0.25, -0.2) is 0 Å². The molecule has 0 aliphatic rings. The van der Waals surface area contributed by atoms with Crippen molar-refractivity contribution in [1.29, 1.82) is 0 Å². The third kappa shape index (κ3) is 5.35. The summed E-state index contributed by atoms with van der Waals surface area (Å²) < 4.78 is 10.4. The van der Waals surface area contributed by atoms with E-state index in [-0.39, 0.29) is 0 Å². The van der Waals surface area contributed by atoms with Gasteiger partial charge in [-0.15, -0.1) is 0 Å². The van der Waals surface area contributed by atoms with Crippen molar-refractivity contribution in [3.63, 3.8) is 0 Å². The summed E-state index contributed by atoms with van der Waals surface area (Å²) >= 11 is 0. The summed E-state index contributed by atoms with van der Waals surface area (Å²) in [5.74, 6) is 0. The molecule has 0 heterocycles. The Labute approximate surface area is 65.8 Å². The molecule has 0 rings (SSSR count). The maximum absolute atomic E-state index is 10.4. The van der Waals surface area contributed by atoms with Crippen LogP contribution >= 0.6 is 7.60 Å². The minimum absolute atomic E-state index is 0.628. The predicted octanol–water partition coefficient (Wildman–Crippen LogP) is 0.611. The first-order valence-electron chi connectivity index (χ1n) is 3.14. The minimum atomic E-state index is -4.14. The number of nitrogens with zero attached hydrogens (tertiary/aromatic N) is 1. The molecule has 68 valence electrons. The summed E-state index contributed by atoms with van der Waals surface area (Å²) in [4.78, 5) is 16.9. The molecule has 0 aromatic heterocycles. The average molecular weight is 183 g/mol. The Kier molecular flexibility index (Phi) is 3.23. The van der Waals surface area contributed by atoms with Crippen LogP contribution in [0.3, 0.4) is 0 Å². The van der Waals surface area contributed by atoms with Crippen LogP contribution in [-0.2, 0) is 4.57 Å². The van der Waals surface area contributed by atoms with E-state index in [4.69, 9.17) is 15.0 Å². The fourth-order valence-electron chi connectivity index (χ4n) is 0.387. The van der Waals surface area contributed by atoms with Gasteiger partial charge < -0.3 is 15.0 Å². The van der Waals surface area contributed by atoms with Gasteiger partial charge in [0.2, 0.25) is 0 Å². The molecule has 0 saturated carbocycles. The first-order chi connectivity index (χ1) is 4.63. The van der Waals surface area contributed by atoms with Crippen molar-refractivity contribution in [2.45, 2.75) is 26.3 Å². The molecule has 0 aliphatic carbocycles. The first-order valence-corrected chi connectivity index (χ1v) is 4.94. The molecule has 6 heteroatoms. The predicted molar refractivity (Wildman–Crippen MR) is 40.3 cm³/mol. The van der Waals surface area contributed by atoms with E-state index in [2.05, 4.69) is 0 Å². The lowest BCUT2D eigenvalue weighted by Crippen LogP contribution is -2.39. The van der Waals surface area contributed by atoms with Crippen LogP contribution < -0.4 is 0 Å². The molecule has 0 radical (unpaired) electrons. The Morgan fingerprint density at radius 3 is 1.82 bits per heavy atom. The zero-order chi connectivity index (χ0) is 9.28. The molecule has 0 aliphatic heterocycles. The molecule has 0 fully saturated rings. The maximum atomic E-state index is 10.4. The third-order valence-corrected chi connectivity index (χ3v) is 1.73. The van der Waals surface area contributed by atoms with Crippen LogP contribution in [0.2, 0.25) is 0 Å². The van der Waals surface area contributed by atoms with E-state index in [1.54, 1.807) is 20.8 Å². The van der Waals surface area contributed by atoms with Crippen LogP contribution in [0.5, 0.6) is 0 Å². The van der Waals surface area contributed by atoms with E-state index in [1.807, 2.05) is 0 Å².